The van der Waals surface area contributed by atoms with Crippen LogP contribution in [0.25, 0.3) is 0 Å². The number of amides is 1. The molecule has 1 amide bonds. The van der Waals surface area contributed by atoms with Gasteiger partial charge in [0.1, 0.15) is 11.3 Å². The lowest BCUT2D eigenvalue weighted by Gasteiger charge is -2.21. The van der Waals surface area contributed by atoms with Crippen LogP contribution in [0.3, 0.4) is 0 Å². The first-order chi connectivity index (χ1) is 14.3. The third-order valence-corrected chi connectivity index (χ3v) is 4.32. The van der Waals surface area contributed by atoms with Crippen LogP contribution >= 0.6 is 0 Å². The Morgan fingerprint density at radius 2 is 1.90 bits per heavy atom. The van der Waals surface area contributed by atoms with Gasteiger partial charge < -0.3 is 18.9 Å². The Kier molecular flexibility index (Phi) is 4.70. The van der Waals surface area contributed by atoms with E-state index in [2.05, 4.69) is 5.10 Å². The maximum atomic E-state index is 12.2. The maximum Gasteiger partial charge on any atom is 0.308 e. The third-order valence-electron chi connectivity index (χ3n) is 4.32. The Balaban J connectivity index is 1.77. The molecule has 0 radical (unpaired) electrons. The van der Waals surface area contributed by atoms with E-state index in [4.69, 9.17) is 18.9 Å². The Bertz CT molecular complexity index is 1100. The van der Waals surface area contributed by atoms with Crippen molar-refractivity contribution >= 4 is 23.5 Å². The Morgan fingerprint density at radius 1 is 1.20 bits per heavy atom. The summed E-state index contributed by atoms with van der Waals surface area (Å²) >= 11 is 0. The fraction of sp³-hybridized carbons (Fsp3) is 0.211. The highest BCUT2D eigenvalue weighted by atomic mass is 16.7. The first-order valence-corrected chi connectivity index (χ1v) is 8.76. The summed E-state index contributed by atoms with van der Waals surface area (Å²) in [6, 6.07) is 9.05. The summed E-state index contributed by atoms with van der Waals surface area (Å²) in [7, 11) is 0. The van der Waals surface area contributed by atoms with Gasteiger partial charge in [0.15, 0.2) is 11.5 Å². The average Bonchev–Trinajstić information content (AvgIpc) is 3.33. The van der Waals surface area contributed by atoms with Crippen LogP contribution in [0.2, 0.25) is 0 Å². The highest BCUT2D eigenvalue weighted by Crippen LogP contribution is 2.41. The van der Waals surface area contributed by atoms with E-state index in [1.54, 1.807) is 24.3 Å². The van der Waals surface area contributed by atoms with E-state index in [-0.39, 0.29) is 35.4 Å². The van der Waals surface area contributed by atoms with Crippen LogP contribution in [-0.4, -0.2) is 34.5 Å². The largest absolute Gasteiger partial charge is 0.454 e. The van der Waals surface area contributed by atoms with Gasteiger partial charge >= 0.3 is 5.97 Å². The monoisotopic (exact) mass is 413 g/mol. The van der Waals surface area contributed by atoms with Crippen LogP contribution in [0.4, 0.5) is 5.69 Å². The molecular formula is C19H15N3O8. The molecule has 11 nitrogen and oxygen atoms in total. The van der Waals surface area contributed by atoms with E-state index in [0.29, 0.717) is 11.3 Å². The second-order valence-electron chi connectivity index (χ2n) is 6.35. The van der Waals surface area contributed by atoms with Crippen LogP contribution < -0.4 is 14.2 Å². The molecule has 0 aliphatic carbocycles. The van der Waals surface area contributed by atoms with Crippen molar-refractivity contribution in [2.75, 3.05) is 6.79 Å². The molecule has 0 aromatic heterocycles. The number of carbonyl (C=O) groups is 2. The molecule has 0 fully saturated rings. The molecule has 0 N–H and O–H groups in total. The van der Waals surface area contributed by atoms with Crippen LogP contribution in [0.5, 0.6) is 17.2 Å². The third kappa shape index (κ3) is 3.36. The predicted octanol–water partition coefficient (Wildman–Crippen LogP) is 2.49. The number of hydrazone groups is 1. The van der Waals surface area contributed by atoms with Gasteiger partial charge in [-0.2, -0.15) is 5.01 Å². The summed E-state index contributed by atoms with van der Waals surface area (Å²) < 4.78 is 21.5. The number of ether oxygens (including phenoxy) is 4. The van der Waals surface area contributed by atoms with E-state index in [0.717, 1.165) is 5.01 Å². The molecule has 1 atom stereocenters. The number of hydrogen-bond donors (Lipinski definition) is 0. The molecular weight excluding hydrogens is 398 g/mol. The zero-order chi connectivity index (χ0) is 21.4. The van der Waals surface area contributed by atoms with Crippen LogP contribution in [0, 0.1) is 10.1 Å². The topological polar surface area (TPSA) is 130 Å². The molecule has 2 aromatic carbocycles. The van der Waals surface area contributed by atoms with Crippen molar-refractivity contribution in [1.82, 2.24) is 5.01 Å². The van der Waals surface area contributed by atoms with Crippen molar-refractivity contribution in [2.24, 2.45) is 5.10 Å². The molecule has 0 bridgehead atoms. The second kappa shape index (κ2) is 7.35. The molecule has 2 aromatic rings. The van der Waals surface area contributed by atoms with Gasteiger partial charge in [-0.25, -0.2) is 0 Å². The Labute approximate surface area is 169 Å². The molecule has 2 aliphatic rings. The average molecular weight is 413 g/mol. The first kappa shape index (κ1) is 19.2. The van der Waals surface area contributed by atoms with Gasteiger partial charge in [-0.3, -0.25) is 19.7 Å². The number of rotatable bonds is 4. The molecule has 0 saturated heterocycles. The van der Waals surface area contributed by atoms with Crippen molar-refractivity contribution < 1.29 is 33.5 Å². The van der Waals surface area contributed by atoms with Gasteiger partial charge in [0.2, 0.25) is 24.8 Å². The van der Waals surface area contributed by atoms with E-state index in [9.17, 15) is 19.7 Å². The number of benzene rings is 2. The van der Waals surface area contributed by atoms with Crippen molar-refractivity contribution in [3.05, 3.63) is 57.6 Å². The van der Waals surface area contributed by atoms with E-state index in [1.165, 1.54) is 26.0 Å². The molecule has 0 saturated carbocycles. The summed E-state index contributed by atoms with van der Waals surface area (Å²) in [6.07, 6.45) is -1.09. The first-order valence-electron chi connectivity index (χ1n) is 8.76. The highest BCUT2D eigenvalue weighted by molar-refractivity contribution is 6.00. The molecule has 2 heterocycles. The van der Waals surface area contributed by atoms with Crippen molar-refractivity contribution in [3.63, 3.8) is 0 Å². The summed E-state index contributed by atoms with van der Waals surface area (Å²) in [4.78, 5) is 34.6. The van der Waals surface area contributed by atoms with Gasteiger partial charge in [0, 0.05) is 19.9 Å². The molecule has 0 spiro atoms. The van der Waals surface area contributed by atoms with E-state index in [1.807, 2.05) is 0 Å². The Hall–Kier alpha value is -4.15. The lowest BCUT2D eigenvalue weighted by atomic mass is 10.1. The zero-order valence-electron chi connectivity index (χ0n) is 15.9. The quantitative estimate of drug-likeness (QED) is 0.323. The fourth-order valence-corrected chi connectivity index (χ4v) is 3.06. The van der Waals surface area contributed by atoms with Crippen molar-refractivity contribution in [3.8, 4) is 17.2 Å². The number of carbonyl (C=O) groups excluding carboxylic acids is 2. The Morgan fingerprint density at radius 3 is 2.57 bits per heavy atom. The minimum Gasteiger partial charge on any atom is -0.454 e. The fourth-order valence-electron chi connectivity index (χ4n) is 3.06. The van der Waals surface area contributed by atoms with Crippen molar-refractivity contribution in [1.29, 1.82) is 0 Å². The van der Waals surface area contributed by atoms with Gasteiger partial charge in [0.05, 0.1) is 16.6 Å². The number of esters is 1. The number of nitrogens with zero attached hydrogens (tertiary/aromatic N) is 3. The minimum atomic E-state index is -1.09. The van der Waals surface area contributed by atoms with E-state index >= 15 is 0 Å². The summed E-state index contributed by atoms with van der Waals surface area (Å²) in [5, 5.41) is 16.7. The standard InChI is InChI=1S/C19H15N3O8/c1-10(23)21-19(12-5-3-4-6-15(12)29-11(2)24)30-18(20-21)13-7-16-17(28-9-27-16)8-14(13)22(25)26/h3-8,19H,9H2,1-2H3/t19-/m1/s1. The van der Waals surface area contributed by atoms with Gasteiger partial charge in [-0.05, 0) is 12.1 Å². The summed E-state index contributed by atoms with van der Waals surface area (Å²) in [6.45, 7) is 2.44. The molecule has 30 heavy (non-hydrogen) atoms. The van der Waals surface area contributed by atoms with Gasteiger partial charge in [-0.15, -0.1) is 5.10 Å². The molecule has 0 unspecified atom stereocenters. The second-order valence-corrected chi connectivity index (χ2v) is 6.35. The lowest BCUT2D eigenvalue weighted by molar-refractivity contribution is -0.385. The number of nitro benzene ring substituents is 1. The smallest absolute Gasteiger partial charge is 0.308 e. The van der Waals surface area contributed by atoms with Crippen LogP contribution in [-0.2, 0) is 14.3 Å². The molecule has 11 heteroatoms. The SMILES string of the molecule is CC(=O)Oc1ccccc1[C@H]1OC(c2cc3c(cc2[N+](=O)[O-])OCO3)=NN1C(C)=O. The molecule has 4 rings (SSSR count). The highest BCUT2D eigenvalue weighted by Gasteiger charge is 2.38. The minimum absolute atomic E-state index is 0.0166. The zero-order valence-corrected chi connectivity index (χ0v) is 15.9. The number of fused-ring (bicyclic) bond motifs is 1. The molecule has 154 valence electrons. The molecule has 2 aliphatic heterocycles. The number of hydrogen-bond acceptors (Lipinski definition) is 9. The number of nitro groups is 1. The van der Waals surface area contributed by atoms with Gasteiger partial charge in [0.25, 0.3) is 5.69 Å². The van der Waals surface area contributed by atoms with Crippen molar-refractivity contribution in [2.45, 2.75) is 20.1 Å². The summed E-state index contributed by atoms with van der Waals surface area (Å²) in [5.41, 5.74) is 0.0448. The van der Waals surface area contributed by atoms with Crippen LogP contribution in [0.15, 0.2) is 41.5 Å². The predicted molar refractivity (Wildman–Crippen MR) is 99.9 cm³/mol. The summed E-state index contributed by atoms with van der Waals surface area (Å²) in [5.74, 6) is -0.488. The lowest BCUT2D eigenvalue weighted by Crippen LogP contribution is -2.26. The van der Waals surface area contributed by atoms with Gasteiger partial charge in [-0.1, -0.05) is 12.1 Å². The number of para-hydroxylation sites is 1. The van der Waals surface area contributed by atoms with Crippen LogP contribution in [0.1, 0.15) is 31.2 Å². The van der Waals surface area contributed by atoms with E-state index < -0.39 is 23.0 Å². The normalized spacial score (nSPS) is 16.7. The maximum absolute atomic E-state index is 12.2.